The Morgan fingerprint density at radius 2 is 2.10 bits per heavy atom. The van der Waals surface area contributed by atoms with E-state index >= 15 is 0 Å². The maximum absolute atomic E-state index is 12.0. The summed E-state index contributed by atoms with van der Waals surface area (Å²) >= 11 is 0. The molecular formula is C13H21N3O3S. The van der Waals surface area contributed by atoms with Crippen molar-refractivity contribution in [1.82, 2.24) is 14.8 Å². The summed E-state index contributed by atoms with van der Waals surface area (Å²) in [5.41, 5.74) is 2.02. The summed E-state index contributed by atoms with van der Waals surface area (Å²) in [6.07, 6.45) is 3.83. The molecule has 2 aliphatic carbocycles. The van der Waals surface area contributed by atoms with Gasteiger partial charge in [-0.3, -0.25) is 0 Å². The van der Waals surface area contributed by atoms with Crippen LogP contribution in [0, 0.1) is 0 Å². The van der Waals surface area contributed by atoms with Crippen LogP contribution in [0.15, 0.2) is 4.52 Å². The third-order valence-electron chi connectivity index (χ3n) is 3.88. The van der Waals surface area contributed by atoms with Crippen LogP contribution in [0.3, 0.4) is 0 Å². The van der Waals surface area contributed by atoms with E-state index in [0.717, 1.165) is 49.2 Å². The Morgan fingerprint density at radius 3 is 2.75 bits per heavy atom. The summed E-state index contributed by atoms with van der Waals surface area (Å²) in [4.78, 5) is 2.04. The maximum Gasteiger partial charge on any atom is 0.214 e. The number of hydrogen-bond acceptors (Lipinski definition) is 5. The van der Waals surface area contributed by atoms with Gasteiger partial charge in [-0.15, -0.1) is 0 Å². The molecule has 1 unspecified atom stereocenters. The summed E-state index contributed by atoms with van der Waals surface area (Å²) in [7, 11) is 0.847. The fourth-order valence-electron chi connectivity index (χ4n) is 2.69. The number of aryl methyl sites for hydroxylation is 1. The first-order valence-electron chi connectivity index (χ1n) is 7.08. The van der Waals surface area contributed by atoms with Crippen molar-refractivity contribution in [2.45, 2.75) is 49.9 Å². The molecule has 0 radical (unpaired) electrons. The van der Waals surface area contributed by atoms with E-state index in [2.05, 4.69) is 9.88 Å². The molecule has 3 rings (SSSR count). The van der Waals surface area contributed by atoms with Crippen molar-refractivity contribution in [1.29, 1.82) is 0 Å². The molecule has 1 fully saturated rings. The van der Waals surface area contributed by atoms with Gasteiger partial charge in [0.1, 0.15) is 11.5 Å². The topological polar surface area (TPSA) is 75.4 Å². The molecule has 0 bridgehead atoms. The lowest BCUT2D eigenvalue weighted by Gasteiger charge is -2.22. The van der Waals surface area contributed by atoms with E-state index in [9.17, 15) is 8.42 Å². The van der Waals surface area contributed by atoms with Gasteiger partial charge in [0.25, 0.3) is 0 Å². The molecule has 0 saturated heterocycles. The van der Waals surface area contributed by atoms with Gasteiger partial charge < -0.3 is 9.42 Å². The monoisotopic (exact) mass is 299 g/mol. The van der Waals surface area contributed by atoms with Crippen molar-refractivity contribution >= 4 is 10.0 Å². The molecule has 1 aromatic rings. The standard InChI is InChI=1S/C13H21N3O3S/c1-16(2)8-12-11-7-9(3-6-13(11)19-14-12)15-20(17,18)10-4-5-10/h9-10,15H,3-8H2,1-2H3. The molecule has 1 aromatic heterocycles. The largest absolute Gasteiger partial charge is 0.361 e. The minimum absolute atomic E-state index is 0.0200. The third kappa shape index (κ3) is 2.89. The highest BCUT2D eigenvalue weighted by Gasteiger charge is 2.38. The summed E-state index contributed by atoms with van der Waals surface area (Å²) in [6, 6.07) is -0.0200. The highest BCUT2D eigenvalue weighted by molar-refractivity contribution is 7.90. The molecular weight excluding hydrogens is 278 g/mol. The van der Waals surface area contributed by atoms with E-state index in [0.29, 0.717) is 6.42 Å². The van der Waals surface area contributed by atoms with Crippen LogP contribution in [-0.4, -0.2) is 43.9 Å². The second-order valence-corrected chi connectivity index (χ2v) is 8.06. The molecule has 1 N–H and O–H groups in total. The van der Waals surface area contributed by atoms with Crippen LogP contribution in [-0.2, 0) is 29.4 Å². The van der Waals surface area contributed by atoms with Gasteiger partial charge in [-0.2, -0.15) is 0 Å². The van der Waals surface area contributed by atoms with Crippen molar-refractivity contribution in [2.75, 3.05) is 14.1 Å². The van der Waals surface area contributed by atoms with E-state index in [-0.39, 0.29) is 11.3 Å². The Balaban J connectivity index is 1.72. The lowest BCUT2D eigenvalue weighted by atomic mass is 9.92. The Morgan fingerprint density at radius 1 is 1.35 bits per heavy atom. The van der Waals surface area contributed by atoms with E-state index in [4.69, 9.17) is 4.52 Å². The van der Waals surface area contributed by atoms with Crippen LogP contribution in [0.2, 0.25) is 0 Å². The lowest BCUT2D eigenvalue weighted by molar-refractivity contribution is 0.343. The second kappa shape index (κ2) is 5.13. The second-order valence-electron chi connectivity index (χ2n) is 6.07. The first-order chi connectivity index (χ1) is 9.45. The molecule has 6 nitrogen and oxygen atoms in total. The maximum atomic E-state index is 12.0. The summed E-state index contributed by atoms with van der Waals surface area (Å²) in [5, 5.41) is 3.96. The van der Waals surface area contributed by atoms with E-state index in [1.54, 1.807) is 0 Å². The molecule has 0 aromatic carbocycles. The van der Waals surface area contributed by atoms with Crippen LogP contribution >= 0.6 is 0 Å². The summed E-state index contributed by atoms with van der Waals surface area (Å²) in [6.45, 7) is 0.723. The number of sulfonamides is 1. The average molecular weight is 299 g/mol. The van der Waals surface area contributed by atoms with Crippen LogP contribution in [0.4, 0.5) is 0 Å². The van der Waals surface area contributed by atoms with Crippen molar-refractivity contribution in [3.63, 3.8) is 0 Å². The molecule has 1 saturated carbocycles. The highest BCUT2D eigenvalue weighted by Crippen LogP contribution is 2.30. The molecule has 0 amide bonds. The molecule has 0 aliphatic heterocycles. The molecule has 2 aliphatic rings. The smallest absolute Gasteiger partial charge is 0.214 e. The number of nitrogens with zero attached hydrogens (tertiary/aromatic N) is 2. The van der Waals surface area contributed by atoms with E-state index in [1.165, 1.54) is 0 Å². The zero-order chi connectivity index (χ0) is 14.3. The zero-order valence-electron chi connectivity index (χ0n) is 11.9. The summed E-state index contributed by atoms with van der Waals surface area (Å²) in [5.74, 6) is 0.920. The third-order valence-corrected chi connectivity index (χ3v) is 5.89. The van der Waals surface area contributed by atoms with Gasteiger partial charge in [0, 0.05) is 24.6 Å². The predicted molar refractivity (Wildman–Crippen MR) is 74.8 cm³/mol. The number of fused-ring (bicyclic) bond motifs is 1. The molecule has 7 heteroatoms. The van der Waals surface area contributed by atoms with Gasteiger partial charge in [0.05, 0.1) is 5.25 Å². The predicted octanol–water partition coefficient (Wildman–Crippen LogP) is 0.675. The fourth-order valence-corrected chi connectivity index (χ4v) is 4.31. The first kappa shape index (κ1) is 14.0. The number of rotatable bonds is 5. The average Bonchev–Trinajstić information content (AvgIpc) is 3.14. The van der Waals surface area contributed by atoms with Crippen molar-refractivity contribution in [2.24, 2.45) is 0 Å². The van der Waals surface area contributed by atoms with E-state index < -0.39 is 10.0 Å². The quantitative estimate of drug-likeness (QED) is 0.865. The number of aromatic nitrogens is 1. The van der Waals surface area contributed by atoms with Gasteiger partial charge >= 0.3 is 0 Å². The Labute approximate surface area is 119 Å². The van der Waals surface area contributed by atoms with Gasteiger partial charge in [-0.05, 0) is 39.8 Å². The minimum Gasteiger partial charge on any atom is -0.361 e. The highest BCUT2D eigenvalue weighted by atomic mass is 32.2. The Kier molecular flexibility index (Phi) is 3.60. The van der Waals surface area contributed by atoms with Crippen molar-refractivity contribution in [3.8, 4) is 0 Å². The summed E-state index contributed by atoms with van der Waals surface area (Å²) < 4.78 is 32.3. The van der Waals surface area contributed by atoms with Gasteiger partial charge in [0.15, 0.2) is 0 Å². The van der Waals surface area contributed by atoms with Crippen LogP contribution in [0.5, 0.6) is 0 Å². The molecule has 20 heavy (non-hydrogen) atoms. The SMILES string of the molecule is CN(C)Cc1noc2c1CC(NS(=O)(=O)C1CC1)CC2. The molecule has 0 spiro atoms. The lowest BCUT2D eigenvalue weighted by Crippen LogP contribution is -2.40. The van der Waals surface area contributed by atoms with Crippen LogP contribution in [0.25, 0.3) is 0 Å². The number of hydrogen-bond donors (Lipinski definition) is 1. The van der Waals surface area contributed by atoms with Gasteiger partial charge in [0.2, 0.25) is 10.0 Å². The van der Waals surface area contributed by atoms with Crippen molar-refractivity contribution < 1.29 is 12.9 Å². The fraction of sp³-hybridized carbons (Fsp3) is 0.769. The number of nitrogens with one attached hydrogen (secondary N) is 1. The van der Waals surface area contributed by atoms with Gasteiger partial charge in [-0.25, -0.2) is 13.1 Å². The zero-order valence-corrected chi connectivity index (χ0v) is 12.7. The molecule has 1 heterocycles. The van der Waals surface area contributed by atoms with Crippen LogP contribution in [0.1, 0.15) is 36.3 Å². The molecule has 1 atom stereocenters. The first-order valence-corrected chi connectivity index (χ1v) is 8.62. The Bertz CT molecular complexity index is 590. The minimum atomic E-state index is -3.12. The van der Waals surface area contributed by atoms with Crippen LogP contribution < -0.4 is 4.72 Å². The van der Waals surface area contributed by atoms with Gasteiger partial charge in [-0.1, -0.05) is 5.16 Å². The normalized spacial score (nSPS) is 23.1. The Hall–Kier alpha value is -0.920. The van der Waals surface area contributed by atoms with Crippen molar-refractivity contribution in [3.05, 3.63) is 17.0 Å². The van der Waals surface area contributed by atoms with E-state index in [1.807, 2.05) is 19.0 Å². The molecule has 112 valence electrons.